The van der Waals surface area contributed by atoms with Crippen molar-refractivity contribution in [3.05, 3.63) is 36.4 Å². The summed E-state index contributed by atoms with van der Waals surface area (Å²) in [7, 11) is 1.57. The van der Waals surface area contributed by atoms with Crippen molar-refractivity contribution in [3.63, 3.8) is 0 Å². The molecule has 0 bridgehead atoms. The number of rotatable bonds is 3. The van der Waals surface area contributed by atoms with E-state index in [-0.39, 0.29) is 0 Å². The molecule has 96 valence electrons. The van der Waals surface area contributed by atoms with Crippen LogP contribution in [0.5, 0.6) is 5.75 Å². The Morgan fingerprint density at radius 1 is 1.06 bits per heavy atom. The molecule has 0 amide bonds. The molecule has 0 unspecified atom stereocenters. The van der Waals surface area contributed by atoms with Crippen molar-refractivity contribution >= 4 is 16.5 Å². The summed E-state index contributed by atoms with van der Waals surface area (Å²) in [5.41, 5.74) is 0.449. The van der Waals surface area contributed by atoms with E-state index in [1.54, 1.807) is 31.4 Å². The summed E-state index contributed by atoms with van der Waals surface area (Å²) < 4.78 is 41.3. The smallest absolute Gasteiger partial charge is 0.405 e. The highest BCUT2D eigenvalue weighted by Gasteiger charge is 2.26. The van der Waals surface area contributed by atoms with Gasteiger partial charge in [-0.05, 0) is 35.0 Å². The fourth-order valence-corrected chi connectivity index (χ4v) is 1.66. The van der Waals surface area contributed by atoms with E-state index in [9.17, 15) is 13.2 Å². The van der Waals surface area contributed by atoms with Gasteiger partial charge in [0.1, 0.15) is 12.3 Å². The first-order valence-corrected chi connectivity index (χ1v) is 5.36. The molecule has 0 saturated heterocycles. The lowest BCUT2D eigenvalue weighted by Gasteiger charge is -2.10. The molecule has 0 fully saturated rings. The van der Waals surface area contributed by atoms with Crippen LogP contribution in [0.25, 0.3) is 10.8 Å². The van der Waals surface area contributed by atoms with Crippen molar-refractivity contribution in [2.24, 2.45) is 0 Å². The second-order valence-electron chi connectivity index (χ2n) is 3.90. The van der Waals surface area contributed by atoms with Crippen molar-refractivity contribution in [2.45, 2.75) is 6.18 Å². The Morgan fingerprint density at radius 2 is 1.72 bits per heavy atom. The molecular weight excluding hydrogens is 243 g/mol. The number of ether oxygens (including phenoxy) is 1. The van der Waals surface area contributed by atoms with Crippen LogP contribution in [0.2, 0.25) is 0 Å². The first kappa shape index (κ1) is 12.5. The van der Waals surface area contributed by atoms with Crippen molar-refractivity contribution < 1.29 is 17.9 Å². The van der Waals surface area contributed by atoms with Crippen molar-refractivity contribution in [3.8, 4) is 5.75 Å². The van der Waals surface area contributed by atoms with Crippen molar-refractivity contribution in [1.82, 2.24) is 0 Å². The molecule has 2 aromatic rings. The maximum atomic E-state index is 12.1. The van der Waals surface area contributed by atoms with E-state index in [4.69, 9.17) is 4.74 Å². The predicted molar refractivity (Wildman–Crippen MR) is 65.0 cm³/mol. The third kappa shape index (κ3) is 3.06. The molecule has 0 saturated carbocycles. The Hall–Kier alpha value is -1.91. The van der Waals surface area contributed by atoms with Crippen LogP contribution in [-0.4, -0.2) is 19.8 Å². The summed E-state index contributed by atoms with van der Waals surface area (Å²) in [6, 6.07) is 10.5. The first-order chi connectivity index (χ1) is 8.48. The third-order valence-corrected chi connectivity index (χ3v) is 2.54. The average Bonchev–Trinajstić information content (AvgIpc) is 2.34. The van der Waals surface area contributed by atoms with Crippen LogP contribution in [0.1, 0.15) is 0 Å². The predicted octanol–water partition coefficient (Wildman–Crippen LogP) is 3.82. The van der Waals surface area contributed by atoms with Gasteiger partial charge in [0, 0.05) is 5.69 Å². The van der Waals surface area contributed by atoms with Crippen LogP contribution in [-0.2, 0) is 0 Å². The van der Waals surface area contributed by atoms with Crippen LogP contribution in [0.3, 0.4) is 0 Å². The van der Waals surface area contributed by atoms with Crippen LogP contribution in [0.15, 0.2) is 36.4 Å². The Labute approximate surface area is 102 Å². The molecule has 0 aliphatic rings. The minimum Gasteiger partial charge on any atom is -0.497 e. The molecule has 2 nitrogen and oxygen atoms in total. The van der Waals surface area contributed by atoms with Gasteiger partial charge in [-0.2, -0.15) is 13.2 Å². The summed E-state index contributed by atoms with van der Waals surface area (Å²) in [6.45, 7) is -1.03. The second-order valence-corrected chi connectivity index (χ2v) is 3.90. The molecule has 0 aliphatic heterocycles. The van der Waals surface area contributed by atoms with E-state index in [1.807, 2.05) is 12.1 Å². The summed E-state index contributed by atoms with van der Waals surface area (Å²) in [5.74, 6) is 0.721. The SMILES string of the molecule is COc1ccc2cc(NCC(F)(F)F)ccc2c1. The highest BCUT2D eigenvalue weighted by molar-refractivity contribution is 5.86. The van der Waals surface area contributed by atoms with Gasteiger partial charge >= 0.3 is 6.18 Å². The van der Waals surface area contributed by atoms with E-state index in [1.165, 1.54) is 0 Å². The normalized spacial score (nSPS) is 11.6. The molecule has 0 aromatic heterocycles. The zero-order chi connectivity index (χ0) is 13.2. The van der Waals surface area contributed by atoms with E-state index in [2.05, 4.69) is 5.32 Å². The quantitative estimate of drug-likeness (QED) is 0.900. The Morgan fingerprint density at radius 3 is 2.39 bits per heavy atom. The molecule has 18 heavy (non-hydrogen) atoms. The number of hydrogen-bond acceptors (Lipinski definition) is 2. The summed E-state index contributed by atoms with van der Waals surface area (Å²) in [6.07, 6.45) is -4.21. The molecule has 0 atom stereocenters. The molecular formula is C13H12F3NO. The minimum absolute atomic E-state index is 0.449. The highest BCUT2D eigenvalue weighted by Crippen LogP contribution is 2.24. The lowest BCUT2D eigenvalue weighted by atomic mass is 10.1. The minimum atomic E-state index is -4.21. The topological polar surface area (TPSA) is 21.3 Å². The zero-order valence-corrected chi connectivity index (χ0v) is 9.71. The maximum Gasteiger partial charge on any atom is 0.405 e. The molecule has 0 radical (unpaired) electrons. The third-order valence-electron chi connectivity index (χ3n) is 2.54. The van der Waals surface area contributed by atoms with Gasteiger partial charge in [-0.15, -0.1) is 0 Å². The van der Waals surface area contributed by atoms with E-state index in [0.29, 0.717) is 5.69 Å². The molecule has 2 rings (SSSR count). The fourth-order valence-electron chi connectivity index (χ4n) is 1.66. The Balaban J connectivity index is 2.22. The molecule has 5 heteroatoms. The molecule has 1 N–H and O–H groups in total. The van der Waals surface area contributed by atoms with Gasteiger partial charge in [0.2, 0.25) is 0 Å². The molecule has 2 aromatic carbocycles. The lowest BCUT2D eigenvalue weighted by molar-refractivity contribution is -0.115. The maximum absolute atomic E-state index is 12.1. The number of methoxy groups -OCH3 is 1. The summed E-state index contributed by atoms with van der Waals surface area (Å²) >= 11 is 0. The number of benzene rings is 2. The molecule has 0 spiro atoms. The molecule has 0 heterocycles. The summed E-state index contributed by atoms with van der Waals surface area (Å²) in [5, 5.41) is 4.14. The molecule has 0 aliphatic carbocycles. The lowest BCUT2D eigenvalue weighted by Crippen LogP contribution is -2.21. The second kappa shape index (κ2) is 4.76. The van der Waals surface area contributed by atoms with Crippen molar-refractivity contribution in [1.29, 1.82) is 0 Å². The monoisotopic (exact) mass is 255 g/mol. The number of hydrogen-bond donors (Lipinski definition) is 1. The largest absolute Gasteiger partial charge is 0.497 e. The number of alkyl halides is 3. The van der Waals surface area contributed by atoms with Gasteiger partial charge in [0.25, 0.3) is 0 Å². The van der Waals surface area contributed by atoms with E-state index >= 15 is 0 Å². The van der Waals surface area contributed by atoms with Gasteiger partial charge in [0.05, 0.1) is 7.11 Å². The standard InChI is InChI=1S/C13H12F3NO/c1-18-12-5-3-9-6-11(4-2-10(9)7-12)17-8-13(14,15)16/h2-7,17H,8H2,1H3. The Bertz CT molecular complexity index is 551. The van der Waals surface area contributed by atoms with Gasteiger partial charge < -0.3 is 10.1 Å². The number of nitrogens with one attached hydrogen (secondary N) is 1. The fraction of sp³-hybridized carbons (Fsp3) is 0.231. The van der Waals surface area contributed by atoms with Gasteiger partial charge in [-0.3, -0.25) is 0 Å². The average molecular weight is 255 g/mol. The van der Waals surface area contributed by atoms with Gasteiger partial charge in [0.15, 0.2) is 0 Å². The number of anilines is 1. The van der Waals surface area contributed by atoms with Crippen LogP contribution in [0, 0.1) is 0 Å². The van der Waals surface area contributed by atoms with Crippen LogP contribution >= 0.6 is 0 Å². The van der Waals surface area contributed by atoms with Crippen molar-refractivity contribution in [2.75, 3.05) is 19.0 Å². The van der Waals surface area contributed by atoms with Crippen LogP contribution in [0.4, 0.5) is 18.9 Å². The van der Waals surface area contributed by atoms with Gasteiger partial charge in [-0.1, -0.05) is 12.1 Å². The van der Waals surface area contributed by atoms with Crippen LogP contribution < -0.4 is 10.1 Å². The Kier molecular flexibility index (Phi) is 3.32. The highest BCUT2D eigenvalue weighted by atomic mass is 19.4. The number of halogens is 3. The van der Waals surface area contributed by atoms with E-state index in [0.717, 1.165) is 16.5 Å². The summed E-state index contributed by atoms with van der Waals surface area (Å²) in [4.78, 5) is 0. The first-order valence-electron chi connectivity index (χ1n) is 5.36. The van der Waals surface area contributed by atoms with Gasteiger partial charge in [-0.25, -0.2) is 0 Å². The number of fused-ring (bicyclic) bond motifs is 1. The zero-order valence-electron chi connectivity index (χ0n) is 9.71. The van der Waals surface area contributed by atoms with E-state index < -0.39 is 12.7 Å².